The molecule has 1 N–H and O–H groups in total. The number of fused-ring (bicyclic) bond motifs is 1. The van der Waals surface area contributed by atoms with Crippen LogP contribution in [0.15, 0.2) is 6.07 Å². The van der Waals surface area contributed by atoms with E-state index in [0.29, 0.717) is 11.4 Å². The van der Waals surface area contributed by atoms with Gasteiger partial charge in [-0.3, -0.25) is 0 Å². The van der Waals surface area contributed by atoms with Crippen molar-refractivity contribution in [3.8, 4) is 0 Å². The molecule has 1 aliphatic carbocycles. The maximum absolute atomic E-state index is 11.7. The average molecular weight is 302 g/mol. The molecule has 1 fully saturated rings. The Morgan fingerprint density at radius 3 is 2.68 bits per heavy atom. The van der Waals surface area contributed by atoms with Crippen molar-refractivity contribution in [3.63, 3.8) is 0 Å². The molecule has 0 amide bonds. The molecule has 1 saturated heterocycles. The van der Waals surface area contributed by atoms with Crippen molar-refractivity contribution < 1.29 is 9.90 Å². The van der Waals surface area contributed by atoms with Gasteiger partial charge in [-0.1, -0.05) is 20.8 Å². The molecule has 0 unspecified atom stereocenters. The lowest BCUT2D eigenvalue weighted by molar-refractivity contribution is 0.0696. The number of carbonyl (C=O) groups is 1. The summed E-state index contributed by atoms with van der Waals surface area (Å²) in [6, 6.07) is 1.89. The molecule has 22 heavy (non-hydrogen) atoms. The second-order valence-electron chi connectivity index (χ2n) is 7.58. The minimum Gasteiger partial charge on any atom is -0.478 e. The lowest BCUT2D eigenvalue weighted by atomic mass is 9.75. The number of carboxylic acids is 1. The van der Waals surface area contributed by atoms with Crippen LogP contribution in [0.3, 0.4) is 0 Å². The van der Waals surface area contributed by atoms with Crippen LogP contribution in [0.2, 0.25) is 0 Å². The monoisotopic (exact) mass is 302 g/mol. The third-order valence-electron chi connectivity index (χ3n) is 5.28. The van der Waals surface area contributed by atoms with Gasteiger partial charge in [0.15, 0.2) is 0 Å². The van der Waals surface area contributed by atoms with Crippen LogP contribution in [-0.2, 0) is 11.8 Å². The number of aromatic carboxylic acids is 1. The standard InChI is InChI=1S/C18H26N2O2/c1-12-6-9-20(10-7-12)16-14(17(21)22)11-13-5-4-8-18(2,3)15(13)19-16/h11-12H,4-10H2,1-3H3,(H,21,22). The number of rotatable bonds is 2. The number of aromatic nitrogens is 1. The van der Waals surface area contributed by atoms with Crippen LogP contribution in [-0.4, -0.2) is 29.1 Å². The summed E-state index contributed by atoms with van der Waals surface area (Å²) in [6.07, 6.45) is 5.41. The molecule has 2 heterocycles. The third-order valence-corrected chi connectivity index (χ3v) is 5.28. The Labute approximate surface area is 132 Å². The number of anilines is 1. The highest BCUT2D eigenvalue weighted by molar-refractivity contribution is 5.93. The maximum atomic E-state index is 11.7. The number of pyridine rings is 1. The molecule has 4 heteroatoms. The zero-order chi connectivity index (χ0) is 15.9. The topological polar surface area (TPSA) is 53.4 Å². The first kappa shape index (κ1) is 15.3. The SMILES string of the molecule is CC1CCN(c2nc3c(cc2C(=O)O)CCCC3(C)C)CC1. The molecule has 0 bridgehead atoms. The zero-order valence-electron chi connectivity index (χ0n) is 13.9. The minimum atomic E-state index is -0.854. The molecule has 2 aliphatic rings. The van der Waals surface area contributed by atoms with Crippen LogP contribution in [0.25, 0.3) is 0 Å². The molecule has 0 aromatic carbocycles. The van der Waals surface area contributed by atoms with Crippen LogP contribution >= 0.6 is 0 Å². The van der Waals surface area contributed by atoms with Gasteiger partial charge in [-0.25, -0.2) is 9.78 Å². The smallest absolute Gasteiger partial charge is 0.339 e. The Hall–Kier alpha value is -1.58. The normalized spacial score (nSPS) is 21.5. The number of aryl methyl sites for hydroxylation is 1. The average Bonchev–Trinajstić information content (AvgIpc) is 2.47. The van der Waals surface area contributed by atoms with Crippen molar-refractivity contribution in [1.29, 1.82) is 0 Å². The third kappa shape index (κ3) is 2.71. The first-order chi connectivity index (χ1) is 10.4. The summed E-state index contributed by atoms with van der Waals surface area (Å²) in [5.41, 5.74) is 2.66. The van der Waals surface area contributed by atoms with Gasteiger partial charge in [0, 0.05) is 18.5 Å². The quantitative estimate of drug-likeness (QED) is 0.906. The predicted molar refractivity (Wildman–Crippen MR) is 87.8 cm³/mol. The lowest BCUT2D eigenvalue weighted by Crippen LogP contribution is -2.36. The largest absolute Gasteiger partial charge is 0.478 e. The van der Waals surface area contributed by atoms with E-state index in [1.165, 1.54) is 0 Å². The van der Waals surface area contributed by atoms with Gasteiger partial charge >= 0.3 is 5.97 Å². The number of carboxylic acid groups (broad SMARTS) is 1. The molecule has 0 saturated carbocycles. The van der Waals surface area contributed by atoms with Gasteiger partial charge in [-0.15, -0.1) is 0 Å². The molecule has 120 valence electrons. The minimum absolute atomic E-state index is 0.0441. The van der Waals surface area contributed by atoms with Crippen molar-refractivity contribution in [2.24, 2.45) is 5.92 Å². The Morgan fingerprint density at radius 2 is 2.05 bits per heavy atom. The van der Waals surface area contributed by atoms with Crippen molar-refractivity contribution in [2.75, 3.05) is 18.0 Å². The number of hydrogen-bond acceptors (Lipinski definition) is 3. The summed E-state index contributed by atoms with van der Waals surface area (Å²) in [5, 5.41) is 9.61. The van der Waals surface area contributed by atoms with Crippen LogP contribution in [0.4, 0.5) is 5.82 Å². The molecule has 4 nitrogen and oxygen atoms in total. The summed E-state index contributed by atoms with van der Waals surface area (Å²) in [5.74, 6) is 0.555. The molecular formula is C18H26N2O2. The van der Waals surface area contributed by atoms with Crippen molar-refractivity contribution in [1.82, 2.24) is 4.98 Å². The summed E-state index contributed by atoms with van der Waals surface area (Å²) in [6.45, 7) is 8.53. The zero-order valence-corrected chi connectivity index (χ0v) is 13.9. The van der Waals surface area contributed by atoms with Gasteiger partial charge in [0.2, 0.25) is 0 Å². The van der Waals surface area contributed by atoms with Gasteiger partial charge in [0.1, 0.15) is 11.4 Å². The van der Waals surface area contributed by atoms with Gasteiger partial charge in [0.05, 0.1) is 5.69 Å². The van der Waals surface area contributed by atoms with Gasteiger partial charge < -0.3 is 10.0 Å². The Balaban J connectivity index is 2.06. The Morgan fingerprint density at radius 1 is 1.36 bits per heavy atom. The van der Waals surface area contributed by atoms with E-state index >= 15 is 0 Å². The number of nitrogens with zero attached hydrogens (tertiary/aromatic N) is 2. The van der Waals surface area contributed by atoms with Crippen LogP contribution in [0.5, 0.6) is 0 Å². The van der Waals surface area contributed by atoms with Crippen molar-refractivity contribution in [2.45, 2.75) is 58.3 Å². The van der Waals surface area contributed by atoms with Crippen LogP contribution < -0.4 is 4.90 Å². The first-order valence-corrected chi connectivity index (χ1v) is 8.41. The molecular weight excluding hydrogens is 276 g/mol. The fourth-order valence-corrected chi connectivity index (χ4v) is 3.78. The highest BCUT2D eigenvalue weighted by Gasteiger charge is 2.32. The summed E-state index contributed by atoms with van der Waals surface area (Å²) < 4.78 is 0. The van der Waals surface area contributed by atoms with E-state index in [1.807, 2.05) is 6.07 Å². The van der Waals surface area contributed by atoms with E-state index in [2.05, 4.69) is 25.7 Å². The Kier molecular flexibility index (Phi) is 3.87. The van der Waals surface area contributed by atoms with Gasteiger partial charge in [-0.05, 0) is 49.7 Å². The van der Waals surface area contributed by atoms with E-state index in [4.69, 9.17) is 4.98 Å². The lowest BCUT2D eigenvalue weighted by Gasteiger charge is -2.36. The molecule has 3 rings (SSSR count). The second kappa shape index (κ2) is 5.56. The van der Waals surface area contributed by atoms with Crippen LogP contribution in [0, 0.1) is 5.92 Å². The van der Waals surface area contributed by atoms with Gasteiger partial charge in [-0.2, -0.15) is 0 Å². The van der Waals surface area contributed by atoms with E-state index < -0.39 is 5.97 Å². The van der Waals surface area contributed by atoms with E-state index in [0.717, 1.165) is 62.4 Å². The number of piperidine rings is 1. The molecule has 0 radical (unpaired) electrons. The van der Waals surface area contributed by atoms with Gasteiger partial charge in [0.25, 0.3) is 0 Å². The van der Waals surface area contributed by atoms with E-state index in [1.54, 1.807) is 0 Å². The predicted octanol–water partition coefficient (Wildman–Crippen LogP) is 3.63. The van der Waals surface area contributed by atoms with Crippen molar-refractivity contribution >= 4 is 11.8 Å². The molecule has 0 spiro atoms. The van der Waals surface area contributed by atoms with Crippen molar-refractivity contribution in [3.05, 3.63) is 22.9 Å². The maximum Gasteiger partial charge on any atom is 0.339 e. The molecule has 0 atom stereocenters. The molecule has 1 aromatic heterocycles. The summed E-state index contributed by atoms with van der Waals surface area (Å²) >= 11 is 0. The second-order valence-corrected chi connectivity index (χ2v) is 7.58. The Bertz CT molecular complexity index is 587. The summed E-state index contributed by atoms with van der Waals surface area (Å²) in [4.78, 5) is 18.8. The molecule has 1 aliphatic heterocycles. The number of hydrogen-bond donors (Lipinski definition) is 1. The molecule has 1 aromatic rings. The highest BCUT2D eigenvalue weighted by atomic mass is 16.4. The van der Waals surface area contributed by atoms with E-state index in [-0.39, 0.29) is 5.41 Å². The van der Waals surface area contributed by atoms with Crippen LogP contribution in [0.1, 0.15) is 68.1 Å². The fraction of sp³-hybridized carbons (Fsp3) is 0.667. The highest BCUT2D eigenvalue weighted by Crippen LogP contribution is 2.38. The van der Waals surface area contributed by atoms with E-state index in [9.17, 15) is 9.90 Å². The fourth-order valence-electron chi connectivity index (χ4n) is 3.78. The first-order valence-electron chi connectivity index (χ1n) is 8.41. The summed E-state index contributed by atoms with van der Waals surface area (Å²) in [7, 11) is 0.